The van der Waals surface area contributed by atoms with Crippen molar-refractivity contribution in [2.45, 2.75) is 44.9 Å². The van der Waals surface area contributed by atoms with Gasteiger partial charge in [0, 0.05) is 6.20 Å². The van der Waals surface area contributed by atoms with E-state index in [1.54, 1.807) is 6.20 Å². The van der Waals surface area contributed by atoms with E-state index < -0.39 is 0 Å². The van der Waals surface area contributed by atoms with Crippen LogP contribution in [-0.4, -0.2) is 4.98 Å². The topological polar surface area (TPSA) is 38.9 Å². The molecule has 0 radical (unpaired) electrons. The number of nitrogens with zero attached hydrogens (tertiary/aromatic N) is 1. The highest BCUT2D eigenvalue weighted by molar-refractivity contribution is 5.41. The van der Waals surface area contributed by atoms with Crippen LogP contribution in [0.15, 0.2) is 18.3 Å². The van der Waals surface area contributed by atoms with Crippen LogP contribution in [0, 0.1) is 5.92 Å². The third kappa shape index (κ3) is 2.31. The lowest BCUT2D eigenvalue weighted by Gasteiger charge is -2.28. The van der Waals surface area contributed by atoms with Crippen LogP contribution in [-0.2, 0) is 0 Å². The van der Waals surface area contributed by atoms with E-state index >= 15 is 0 Å². The van der Waals surface area contributed by atoms with Crippen LogP contribution in [0.3, 0.4) is 0 Å². The molecule has 1 aliphatic rings. The average Bonchev–Trinajstić information content (AvgIpc) is 2.30. The van der Waals surface area contributed by atoms with Crippen molar-refractivity contribution in [3.05, 3.63) is 23.9 Å². The molecule has 15 heavy (non-hydrogen) atoms. The second-order valence-electron chi connectivity index (χ2n) is 4.60. The molecule has 2 heteroatoms. The van der Waals surface area contributed by atoms with Crippen LogP contribution in [0.2, 0.25) is 0 Å². The van der Waals surface area contributed by atoms with Gasteiger partial charge in [-0.05, 0) is 49.1 Å². The zero-order chi connectivity index (χ0) is 10.7. The van der Waals surface area contributed by atoms with Crippen molar-refractivity contribution in [2.75, 3.05) is 5.73 Å². The minimum absolute atomic E-state index is 0.654. The Morgan fingerprint density at radius 1 is 1.33 bits per heavy atom. The number of aromatic nitrogens is 1. The quantitative estimate of drug-likeness (QED) is 0.802. The SMILES string of the molecule is CCC1CCC(c2cccnc2N)CC1. The molecule has 0 spiro atoms. The van der Waals surface area contributed by atoms with E-state index in [9.17, 15) is 0 Å². The summed E-state index contributed by atoms with van der Waals surface area (Å²) in [6, 6.07) is 4.14. The van der Waals surface area contributed by atoms with Gasteiger partial charge in [0.05, 0.1) is 0 Å². The van der Waals surface area contributed by atoms with E-state index in [1.807, 2.05) is 6.07 Å². The average molecular weight is 204 g/mol. The van der Waals surface area contributed by atoms with Gasteiger partial charge in [-0.15, -0.1) is 0 Å². The van der Waals surface area contributed by atoms with Gasteiger partial charge in [0.2, 0.25) is 0 Å². The van der Waals surface area contributed by atoms with Crippen molar-refractivity contribution in [3.63, 3.8) is 0 Å². The van der Waals surface area contributed by atoms with Crippen molar-refractivity contribution >= 4 is 5.82 Å². The van der Waals surface area contributed by atoms with Crippen LogP contribution in [0.1, 0.15) is 50.5 Å². The largest absolute Gasteiger partial charge is 0.383 e. The Kier molecular flexibility index (Phi) is 3.24. The smallest absolute Gasteiger partial charge is 0.126 e. The Morgan fingerprint density at radius 3 is 2.67 bits per heavy atom. The molecule has 1 aliphatic carbocycles. The minimum atomic E-state index is 0.654. The van der Waals surface area contributed by atoms with Crippen LogP contribution in [0.25, 0.3) is 0 Å². The number of nitrogen functional groups attached to an aromatic ring is 1. The van der Waals surface area contributed by atoms with Crippen LogP contribution in [0.5, 0.6) is 0 Å². The Hall–Kier alpha value is -1.05. The van der Waals surface area contributed by atoms with Gasteiger partial charge in [0.1, 0.15) is 5.82 Å². The first-order valence-electron chi connectivity index (χ1n) is 6.01. The van der Waals surface area contributed by atoms with E-state index in [2.05, 4.69) is 18.0 Å². The van der Waals surface area contributed by atoms with Gasteiger partial charge in [0.25, 0.3) is 0 Å². The van der Waals surface area contributed by atoms with Gasteiger partial charge in [-0.3, -0.25) is 0 Å². The Labute approximate surface area is 91.9 Å². The van der Waals surface area contributed by atoms with E-state index in [0.29, 0.717) is 5.92 Å². The highest BCUT2D eigenvalue weighted by atomic mass is 14.8. The molecule has 0 bridgehead atoms. The normalized spacial score (nSPS) is 26.5. The number of anilines is 1. The number of pyridine rings is 1. The summed E-state index contributed by atoms with van der Waals surface area (Å²) in [6.07, 6.45) is 8.39. The maximum atomic E-state index is 5.91. The fraction of sp³-hybridized carbons (Fsp3) is 0.615. The molecule has 0 aromatic carbocycles. The Morgan fingerprint density at radius 2 is 2.07 bits per heavy atom. The molecule has 0 aliphatic heterocycles. The minimum Gasteiger partial charge on any atom is -0.383 e. The van der Waals surface area contributed by atoms with E-state index in [0.717, 1.165) is 11.7 Å². The van der Waals surface area contributed by atoms with Crippen LogP contribution in [0.4, 0.5) is 5.82 Å². The van der Waals surface area contributed by atoms with Crippen molar-refractivity contribution in [3.8, 4) is 0 Å². The molecule has 1 saturated carbocycles. The lowest BCUT2D eigenvalue weighted by Crippen LogP contribution is -2.14. The van der Waals surface area contributed by atoms with Crippen LogP contribution < -0.4 is 5.73 Å². The van der Waals surface area contributed by atoms with Gasteiger partial charge in [-0.2, -0.15) is 0 Å². The molecular weight excluding hydrogens is 184 g/mol. The second kappa shape index (κ2) is 4.65. The summed E-state index contributed by atoms with van der Waals surface area (Å²) in [7, 11) is 0. The summed E-state index contributed by atoms with van der Waals surface area (Å²) in [5.74, 6) is 2.33. The van der Waals surface area contributed by atoms with Crippen molar-refractivity contribution in [2.24, 2.45) is 5.92 Å². The molecule has 2 N–H and O–H groups in total. The molecule has 1 heterocycles. The highest BCUT2D eigenvalue weighted by Crippen LogP contribution is 2.38. The van der Waals surface area contributed by atoms with E-state index in [-0.39, 0.29) is 0 Å². The third-order valence-electron chi connectivity index (χ3n) is 3.74. The fourth-order valence-corrected chi connectivity index (χ4v) is 2.66. The first-order valence-corrected chi connectivity index (χ1v) is 6.01. The van der Waals surface area contributed by atoms with Gasteiger partial charge in [-0.25, -0.2) is 4.98 Å². The maximum Gasteiger partial charge on any atom is 0.126 e. The van der Waals surface area contributed by atoms with Gasteiger partial charge in [-0.1, -0.05) is 19.4 Å². The summed E-state index contributed by atoms with van der Waals surface area (Å²) in [5, 5.41) is 0. The zero-order valence-corrected chi connectivity index (χ0v) is 9.45. The Balaban J connectivity index is 2.04. The molecule has 0 atom stereocenters. The summed E-state index contributed by atoms with van der Waals surface area (Å²) >= 11 is 0. The third-order valence-corrected chi connectivity index (χ3v) is 3.74. The summed E-state index contributed by atoms with van der Waals surface area (Å²) < 4.78 is 0. The number of hydrogen-bond donors (Lipinski definition) is 1. The van der Waals surface area contributed by atoms with E-state index in [1.165, 1.54) is 37.7 Å². The monoisotopic (exact) mass is 204 g/mol. The number of hydrogen-bond acceptors (Lipinski definition) is 2. The predicted octanol–water partition coefficient (Wildman–Crippen LogP) is 3.35. The standard InChI is InChI=1S/C13H20N2/c1-2-10-5-7-11(8-6-10)12-4-3-9-15-13(12)14/h3-4,9-11H,2,5-8H2,1H3,(H2,14,15). The lowest BCUT2D eigenvalue weighted by atomic mass is 9.78. The lowest BCUT2D eigenvalue weighted by molar-refractivity contribution is 0.319. The molecule has 1 aromatic rings. The molecule has 82 valence electrons. The van der Waals surface area contributed by atoms with Crippen molar-refractivity contribution in [1.82, 2.24) is 4.98 Å². The van der Waals surface area contributed by atoms with Gasteiger partial charge in [0.15, 0.2) is 0 Å². The van der Waals surface area contributed by atoms with Gasteiger partial charge >= 0.3 is 0 Å². The van der Waals surface area contributed by atoms with Crippen molar-refractivity contribution in [1.29, 1.82) is 0 Å². The van der Waals surface area contributed by atoms with Crippen LogP contribution >= 0.6 is 0 Å². The van der Waals surface area contributed by atoms with E-state index in [4.69, 9.17) is 5.73 Å². The molecule has 0 saturated heterocycles. The first-order chi connectivity index (χ1) is 7.31. The fourth-order valence-electron chi connectivity index (χ4n) is 2.66. The zero-order valence-electron chi connectivity index (χ0n) is 9.45. The second-order valence-corrected chi connectivity index (χ2v) is 4.60. The Bertz CT molecular complexity index is 314. The predicted molar refractivity (Wildman–Crippen MR) is 63.6 cm³/mol. The molecule has 0 unspecified atom stereocenters. The molecule has 2 nitrogen and oxygen atoms in total. The number of nitrogens with two attached hydrogens (primary N) is 1. The highest BCUT2D eigenvalue weighted by Gasteiger charge is 2.22. The molecule has 2 rings (SSSR count). The molecular formula is C13H20N2. The van der Waals surface area contributed by atoms with Gasteiger partial charge < -0.3 is 5.73 Å². The summed E-state index contributed by atoms with van der Waals surface area (Å²) in [6.45, 7) is 2.30. The molecule has 1 fully saturated rings. The van der Waals surface area contributed by atoms with Crippen molar-refractivity contribution < 1.29 is 0 Å². The molecule has 1 aromatic heterocycles. The first kappa shape index (κ1) is 10.5. The summed E-state index contributed by atoms with van der Waals surface area (Å²) in [5.41, 5.74) is 7.18. The number of rotatable bonds is 2. The maximum absolute atomic E-state index is 5.91. The molecule has 0 amide bonds. The summed E-state index contributed by atoms with van der Waals surface area (Å²) in [4.78, 5) is 4.17.